The van der Waals surface area contributed by atoms with Gasteiger partial charge in [0.05, 0.1) is 50.9 Å². The third-order valence-corrected chi connectivity index (χ3v) is 17.5. The summed E-state index contributed by atoms with van der Waals surface area (Å²) in [5.41, 5.74) is -1.19. The summed E-state index contributed by atoms with van der Waals surface area (Å²) in [6.45, 7) is 3.04. The number of nitrogens with one attached hydrogen (secondary N) is 3. The number of sulfonamides is 2. The first kappa shape index (κ1) is 62.2. The van der Waals surface area contributed by atoms with Crippen LogP contribution in [0, 0.1) is 17.0 Å². The van der Waals surface area contributed by atoms with Crippen LogP contribution in [0.15, 0.2) is 107 Å². The van der Waals surface area contributed by atoms with Gasteiger partial charge in [-0.15, -0.1) is 13.2 Å². The Labute approximate surface area is 492 Å². The molecule has 0 unspecified atom stereocenters. The number of esters is 1. The Hall–Kier alpha value is -6.89. The molecule has 2 saturated carbocycles. The van der Waals surface area contributed by atoms with Gasteiger partial charge in [0.15, 0.2) is 17.3 Å². The maximum absolute atomic E-state index is 15.8. The van der Waals surface area contributed by atoms with Crippen molar-refractivity contribution in [2.24, 2.45) is 5.41 Å². The highest BCUT2D eigenvalue weighted by molar-refractivity contribution is 7.93. The van der Waals surface area contributed by atoms with Crippen LogP contribution in [-0.4, -0.2) is 64.6 Å². The number of carbonyl (C=O) groups is 4. The van der Waals surface area contributed by atoms with Crippen molar-refractivity contribution in [2.45, 2.75) is 99.7 Å². The molecule has 440 valence electrons. The van der Waals surface area contributed by atoms with Gasteiger partial charge in [-0.05, 0) is 128 Å². The van der Waals surface area contributed by atoms with E-state index in [0.29, 0.717) is 18.1 Å². The number of carboxylic acids is 1. The number of hydrogen-bond donors (Lipinski definition) is 4. The maximum atomic E-state index is 15.8. The molecule has 0 aromatic heterocycles. The summed E-state index contributed by atoms with van der Waals surface area (Å²) in [6, 6.07) is 17.8. The minimum absolute atomic E-state index is 0.0175. The molecule has 8 rings (SSSR count). The summed E-state index contributed by atoms with van der Waals surface area (Å²) in [5.74, 6) is -7.05. The normalized spacial score (nSPS) is 13.8. The smallest absolute Gasteiger partial charge is 0.481 e. The SMILES string of the molecule is CC(C)(CCC(=O)c1ccc(Oc2cc(F)c(CC(=O)O)cc2Cl)c(NS(=O)(=O)c2ccc(OC(F)(F)F)cc2Cl)c1)COC(=O)Cc1cc(Cl)c(Oc2ccc(C(=O)NC3CCC3)cc2NS(=O)(=O)c2ccc(C3CC3)cc2Cl)cc1F. The Balaban J connectivity index is 0.935. The zero-order valence-electron chi connectivity index (χ0n) is 43.5. The Bertz CT molecular complexity index is 3790. The topological polar surface area (TPSA) is 230 Å². The predicted octanol–water partition coefficient (Wildman–Crippen LogP) is 14.2. The van der Waals surface area contributed by atoms with Crippen molar-refractivity contribution in [2.75, 3.05) is 16.1 Å². The number of carbonyl (C=O) groups excluding carboxylic acids is 3. The van der Waals surface area contributed by atoms with Crippen molar-refractivity contribution in [3.8, 4) is 28.7 Å². The van der Waals surface area contributed by atoms with E-state index in [-0.39, 0.29) is 90.6 Å². The standard InChI is InChI=1S/C56H48Cl4F5N3O13S2/c1-55(2,17-16-45(69)31-8-12-46(79-48-26-41(61)33(19-37(48)57)23-52(70)71)43(21-31)67-83(76,77)51-15-11-36(25-40(51)60)81-56(63,64)65)28-78-53(72)24-34-20-38(58)49(27-42(34)62)80-47-13-9-32(54(73)66-35-4-3-5-35)22-44(47)68-82(74,75)50-14-10-30(18-39(50)59)29-6-7-29/h8-15,18-22,25-27,29,35,67-68H,3-7,16-17,23-24,28H2,1-2H3,(H,66,73)(H,70,71). The van der Waals surface area contributed by atoms with E-state index in [1.54, 1.807) is 26.0 Å². The highest BCUT2D eigenvalue weighted by Gasteiger charge is 2.33. The van der Waals surface area contributed by atoms with Crippen LogP contribution in [0.3, 0.4) is 0 Å². The first-order chi connectivity index (χ1) is 38.9. The van der Waals surface area contributed by atoms with Crippen molar-refractivity contribution in [3.05, 3.63) is 157 Å². The third kappa shape index (κ3) is 16.3. The van der Waals surface area contributed by atoms with Crippen LogP contribution in [0.25, 0.3) is 0 Å². The van der Waals surface area contributed by atoms with Crippen LogP contribution in [0.4, 0.5) is 33.3 Å². The third-order valence-electron chi connectivity index (χ3n) is 13.2. The lowest BCUT2D eigenvalue weighted by molar-refractivity contribution is -0.274. The quantitative estimate of drug-likeness (QED) is 0.0251. The summed E-state index contributed by atoms with van der Waals surface area (Å²) in [7, 11) is -9.22. The Morgan fingerprint density at radius 3 is 1.67 bits per heavy atom. The number of rotatable bonds is 24. The molecule has 0 aliphatic heterocycles. The van der Waals surface area contributed by atoms with Gasteiger partial charge in [0.2, 0.25) is 0 Å². The molecule has 16 nitrogen and oxygen atoms in total. The van der Waals surface area contributed by atoms with Crippen molar-refractivity contribution in [1.82, 2.24) is 5.32 Å². The molecule has 1 amide bonds. The Morgan fingerprint density at radius 1 is 0.639 bits per heavy atom. The molecule has 6 aromatic rings. The van der Waals surface area contributed by atoms with E-state index in [9.17, 15) is 53.6 Å². The zero-order valence-corrected chi connectivity index (χ0v) is 48.2. The number of anilines is 2. The number of alkyl halides is 3. The van der Waals surface area contributed by atoms with E-state index in [1.807, 2.05) is 0 Å². The average Bonchev–Trinajstić information content (AvgIpc) is 4.37. The number of halogens is 9. The summed E-state index contributed by atoms with van der Waals surface area (Å²) >= 11 is 25.4. The second kappa shape index (κ2) is 25.1. The molecule has 0 radical (unpaired) electrons. The van der Waals surface area contributed by atoms with E-state index in [1.165, 1.54) is 30.3 Å². The lowest BCUT2D eigenvalue weighted by Crippen LogP contribution is -2.39. The molecule has 0 heterocycles. The number of hydrogen-bond acceptors (Lipinski definition) is 12. The molecule has 2 aliphatic carbocycles. The van der Waals surface area contributed by atoms with E-state index >= 15 is 4.39 Å². The van der Waals surface area contributed by atoms with Gasteiger partial charge in [-0.25, -0.2) is 25.6 Å². The van der Waals surface area contributed by atoms with Crippen molar-refractivity contribution in [3.63, 3.8) is 0 Å². The van der Waals surface area contributed by atoms with E-state index < -0.39 is 107 Å². The highest BCUT2D eigenvalue weighted by Crippen LogP contribution is 2.44. The number of ketones is 1. The van der Waals surface area contributed by atoms with Gasteiger partial charge in [0.1, 0.15) is 38.7 Å². The summed E-state index contributed by atoms with van der Waals surface area (Å²) < 4.78 is 150. The van der Waals surface area contributed by atoms with Crippen LogP contribution in [0.5, 0.6) is 28.7 Å². The molecule has 0 bridgehead atoms. The molecule has 0 atom stereocenters. The maximum Gasteiger partial charge on any atom is 0.573 e. The summed E-state index contributed by atoms with van der Waals surface area (Å²) in [6.07, 6.45) is -2.22. The summed E-state index contributed by atoms with van der Waals surface area (Å²) in [5, 5.41) is 10.8. The number of ether oxygens (including phenoxy) is 4. The molecule has 2 aliphatic rings. The molecule has 2 fully saturated rings. The second-order valence-corrected chi connectivity index (χ2v) is 25.2. The molecule has 6 aromatic carbocycles. The molecular weight excluding hydrogens is 1220 g/mol. The van der Waals surface area contributed by atoms with E-state index in [0.717, 1.165) is 80.1 Å². The fourth-order valence-corrected chi connectivity index (χ4v) is 12.0. The fourth-order valence-electron chi connectivity index (χ4n) is 8.35. The van der Waals surface area contributed by atoms with Crippen LogP contribution >= 0.6 is 46.4 Å². The summed E-state index contributed by atoms with van der Waals surface area (Å²) in [4.78, 5) is 50.4. The van der Waals surface area contributed by atoms with E-state index in [2.05, 4.69) is 19.5 Å². The number of carboxylic acid groups (broad SMARTS) is 1. The molecule has 4 N–H and O–H groups in total. The van der Waals surface area contributed by atoms with Crippen molar-refractivity contribution in [1.29, 1.82) is 0 Å². The molecule has 27 heteroatoms. The van der Waals surface area contributed by atoms with Gasteiger partial charge in [-0.1, -0.05) is 66.3 Å². The minimum Gasteiger partial charge on any atom is -0.481 e. The average molecular weight is 1270 g/mol. The van der Waals surface area contributed by atoms with Gasteiger partial charge in [-0.2, -0.15) is 0 Å². The van der Waals surface area contributed by atoms with Gasteiger partial charge in [0.25, 0.3) is 26.0 Å². The molecule has 0 spiro atoms. The van der Waals surface area contributed by atoms with Crippen molar-refractivity contribution < 1.29 is 82.0 Å². The molecular formula is C56H48Cl4F5N3O13S2. The van der Waals surface area contributed by atoms with Crippen LogP contribution < -0.4 is 29.0 Å². The largest absolute Gasteiger partial charge is 0.573 e. The monoisotopic (exact) mass is 1270 g/mol. The first-order valence-electron chi connectivity index (χ1n) is 25.1. The zero-order chi connectivity index (χ0) is 60.3. The Morgan fingerprint density at radius 2 is 1.17 bits per heavy atom. The Kier molecular flexibility index (Phi) is 18.8. The van der Waals surface area contributed by atoms with Crippen molar-refractivity contribution >= 4 is 101 Å². The number of benzene rings is 6. The second-order valence-electron chi connectivity index (χ2n) is 20.3. The van der Waals surface area contributed by atoms with Gasteiger partial charge >= 0.3 is 18.3 Å². The highest BCUT2D eigenvalue weighted by atomic mass is 35.5. The molecule has 83 heavy (non-hydrogen) atoms. The van der Waals surface area contributed by atoms with Crippen LogP contribution in [0.2, 0.25) is 20.1 Å². The lowest BCUT2D eigenvalue weighted by Gasteiger charge is -2.26. The number of aliphatic carboxylic acids is 1. The first-order valence-corrected chi connectivity index (χ1v) is 29.6. The lowest BCUT2D eigenvalue weighted by atomic mass is 9.87. The number of Topliss-reactive ketones (excluding diaryl/α,β-unsaturated/α-hetero) is 1. The van der Waals surface area contributed by atoms with E-state index in [4.69, 9.17) is 65.7 Å². The van der Waals surface area contributed by atoms with Gasteiger partial charge in [0, 0.05) is 52.9 Å². The van der Waals surface area contributed by atoms with Crippen LogP contribution in [-0.2, 0) is 47.2 Å². The predicted molar refractivity (Wildman–Crippen MR) is 297 cm³/mol. The van der Waals surface area contributed by atoms with Crippen LogP contribution in [0.1, 0.15) is 102 Å². The molecule has 0 saturated heterocycles. The number of amides is 1. The fraction of sp³-hybridized carbons (Fsp3) is 0.286. The minimum atomic E-state index is -5.13. The van der Waals surface area contributed by atoms with Gasteiger partial charge < -0.3 is 29.4 Å². The van der Waals surface area contributed by atoms with Gasteiger partial charge in [-0.3, -0.25) is 28.6 Å².